The summed E-state index contributed by atoms with van der Waals surface area (Å²) in [6, 6.07) is 4.66. The van der Waals surface area contributed by atoms with Crippen molar-refractivity contribution in [3.8, 4) is 5.75 Å². The molecule has 13 heavy (non-hydrogen) atoms. The first-order valence-corrected chi connectivity index (χ1v) is 4.35. The molecule has 0 spiro atoms. The Morgan fingerprint density at radius 2 is 2.23 bits per heavy atom. The third-order valence-corrected chi connectivity index (χ3v) is 2.26. The summed E-state index contributed by atoms with van der Waals surface area (Å²) >= 11 is 0. The molecule has 70 valence electrons. The molecule has 0 fully saturated rings. The summed E-state index contributed by atoms with van der Waals surface area (Å²) in [6.07, 6.45) is 0.926. The number of benzene rings is 1. The molecule has 0 aromatic heterocycles. The Kier molecular flexibility index (Phi) is 3.01. The van der Waals surface area contributed by atoms with Crippen LogP contribution in [-0.4, -0.2) is 5.11 Å². The van der Waals surface area contributed by atoms with Gasteiger partial charge in [-0.2, -0.15) is 0 Å². The molecule has 0 bridgehead atoms. The van der Waals surface area contributed by atoms with Gasteiger partial charge in [0, 0.05) is 0 Å². The van der Waals surface area contributed by atoms with E-state index in [0.29, 0.717) is 5.69 Å². The van der Waals surface area contributed by atoms with Crippen LogP contribution in [0.3, 0.4) is 0 Å². The van der Waals surface area contributed by atoms with Gasteiger partial charge in [0.05, 0.1) is 0 Å². The van der Waals surface area contributed by atoms with Crippen molar-refractivity contribution < 1.29 is 5.11 Å². The Morgan fingerprint density at radius 3 is 2.77 bits per heavy atom. The average Bonchev–Trinajstić information content (AvgIpc) is 2.17. The van der Waals surface area contributed by atoms with Crippen molar-refractivity contribution >= 4 is 5.69 Å². The van der Waals surface area contributed by atoms with Crippen molar-refractivity contribution in [1.82, 2.24) is 0 Å². The zero-order valence-electron chi connectivity index (χ0n) is 7.82. The quantitative estimate of drug-likeness (QED) is 0.723. The number of nitroso groups, excluding NO2 is 1. The maximum atomic E-state index is 10.2. The van der Waals surface area contributed by atoms with Crippen LogP contribution in [0.15, 0.2) is 23.4 Å². The predicted molar refractivity (Wildman–Crippen MR) is 52.3 cm³/mol. The third-order valence-electron chi connectivity index (χ3n) is 2.26. The number of phenols is 1. The molecule has 3 nitrogen and oxygen atoms in total. The fraction of sp³-hybridized carbons (Fsp3) is 0.400. The van der Waals surface area contributed by atoms with Gasteiger partial charge in [0.15, 0.2) is 0 Å². The molecule has 1 unspecified atom stereocenters. The summed E-state index contributed by atoms with van der Waals surface area (Å²) in [5.41, 5.74) is 1.16. The minimum atomic E-state index is 0.238. The Balaban J connectivity index is 3.10. The van der Waals surface area contributed by atoms with Crippen LogP contribution >= 0.6 is 0 Å². The van der Waals surface area contributed by atoms with Crippen molar-refractivity contribution in [2.75, 3.05) is 0 Å². The number of rotatable bonds is 3. The lowest BCUT2D eigenvalue weighted by molar-refractivity contribution is 0.462. The van der Waals surface area contributed by atoms with Gasteiger partial charge >= 0.3 is 0 Å². The molecule has 1 N–H and O–H groups in total. The number of hydrogen-bond acceptors (Lipinski definition) is 3. The molecule has 0 saturated heterocycles. The Hall–Kier alpha value is -1.38. The van der Waals surface area contributed by atoms with Gasteiger partial charge in [0.2, 0.25) is 0 Å². The number of phenolic OH excluding ortho intramolecular Hbond substituents is 1. The minimum Gasteiger partial charge on any atom is -0.508 e. The van der Waals surface area contributed by atoms with E-state index in [0.717, 1.165) is 12.0 Å². The van der Waals surface area contributed by atoms with Crippen LogP contribution in [-0.2, 0) is 0 Å². The van der Waals surface area contributed by atoms with Crippen LogP contribution in [0, 0.1) is 4.91 Å². The van der Waals surface area contributed by atoms with Crippen molar-refractivity contribution in [2.24, 2.45) is 5.18 Å². The Morgan fingerprint density at radius 1 is 1.54 bits per heavy atom. The molecule has 3 heteroatoms. The highest BCUT2D eigenvalue weighted by atomic mass is 16.3. The molecular weight excluding hydrogens is 166 g/mol. The fourth-order valence-corrected chi connectivity index (χ4v) is 1.21. The SMILES string of the molecule is CCC(C)c1cc(N=O)ccc1O. The molecular formula is C10H13NO2. The van der Waals surface area contributed by atoms with Gasteiger partial charge in [0.25, 0.3) is 0 Å². The molecule has 0 aliphatic carbocycles. The van der Waals surface area contributed by atoms with E-state index >= 15 is 0 Å². The lowest BCUT2D eigenvalue weighted by Gasteiger charge is -2.10. The number of nitrogens with zero attached hydrogens (tertiary/aromatic N) is 1. The second kappa shape index (κ2) is 4.03. The van der Waals surface area contributed by atoms with E-state index in [2.05, 4.69) is 5.18 Å². The first-order valence-electron chi connectivity index (χ1n) is 4.35. The van der Waals surface area contributed by atoms with Gasteiger partial charge in [-0.3, -0.25) is 0 Å². The summed E-state index contributed by atoms with van der Waals surface area (Å²) in [6.45, 7) is 4.04. The van der Waals surface area contributed by atoms with Crippen molar-refractivity contribution in [3.63, 3.8) is 0 Å². The molecule has 1 rings (SSSR count). The lowest BCUT2D eigenvalue weighted by atomic mass is 9.97. The molecule has 0 heterocycles. The van der Waals surface area contributed by atoms with Crippen LogP contribution in [0.4, 0.5) is 5.69 Å². The van der Waals surface area contributed by atoms with Crippen molar-refractivity contribution in [3.05, 3.63) is 28.7 Å². The summed E-state index contributed by atoms with van der Waals surface area (Å²) in [5, 5.41) is 12.3. The highest BCUT2D eigenvalue weighted by molar-refractivity contribution is 5.47. The van der Waals surface area contributed by atoms with E-state index in [1.807, 2.05) is 13.8 Å². The second-order valence-electron chi connectivity index (χ2n) is 3.14. The van der Waals surface area contributed by atoms with E-state index in [1.54, 1.807) is 6.07 Å². The minimum absolute atomic E-state index is 0.238. The van der Waals surface area contributed by atoms with E-state index in [4.69, 9.17) is 0 Å². The van der Waals surface area contributed by atoms with Crippen LogP contribution in [0.2, 0.25) is 0 Å². The smallest absolute Gasteiger partial charge is 0.119 e. The third kappa shape index (κ3) is 2.05. The van der Waals surface area contributed by atoms with Gasteiger partial charge in [0.1, 0.15) is 11.4 Å². The number of hydrogen-bond donors (Lipinski definition) is 1. The first-order chi connectivity index (χ1) is 6.19. The topological polar surface area (TPSA) is 49.7 Å². The van der Waals surface area contributed by atoms with Gasteiger partial charge in [-0.25, -0.2) is 0 Å². The van der Waals surface area contributed by atoms with Crippen LogP contribution in [0.5, 0.6) is 5.75 Å². The van der Waals surface area contributed by atoms with Gasteiger partial charge in [-0.1, -0.05) is 13.8 Å². The van der Waals surface area contributed by atoms with Gasteiger partial charge in [-0.05, 0) is 41.3 Å². The highest BCUT2D eigenvalue weighted by Gasteiger charge is 2.09. The molecule has 0 saturated carbocycles. The van der Waals surface area contributed by atoms with Crippen LogP contribution in [0.1, 0.15) is 31.7 Å². The molecule has 1 aromatic rings. The lowest BCUT2D eigenvalue weighted by Crippen LogP contribution is -1.91. The van der Waals surface area contributed by atoms with Crippen LogP contribution in [0.25, 0.3) is 0 Å². The fourth-order valence-electron chi connectivity index (χ4n) is 1.21. The summed E-state index contributed by atoms with van der Waals surface area (Å²) in [7, 11) is 0. The largest absolute Gasteiger partial charge is 0.508 e. The van der Waals surface area contributed by atoms with Crippen molar-refractivity contribution in [2.45, 2.75) is 26.2 Å². The molecule has 1 aromatic carbocycles. The van der Waals surface area contributed by atoms with E-state index in [-0.39, 0.29) is 11.7 Å². The molecule has 0 radical (unpaired) electrons. The zero-order valence-corrected chi connectivity index (χ0v) is 7.82. The van der Waals surface area contributed by atoms with Crippen molar-refractivity contribution in [1.29, 1.82) is 0 Å². The molecule has 0 aliphatic heterocycles. The highest BCUT2D eigenvalue weighted by Crippen LogP contribution is 2.31. The van der Waals surface area contributed by atoms with Crippen LogP contribution < -0.4 is 0 Å². The van der Waals surface area contributed by atoms with E-state index in [1.165, 1.54) is 12.1 Å². The average molecular weight is 179 g/mol. The molecule has 1 atom stereocenters. The Bertz CT molecular complexity index is 310. The molecule has 0 aliphatic rings. The zero-order chi connectivity index (χ0) is 9.84. The number of aromatic hydroxyl groups is 1. The van der Waals surface area contributed by atoms with E-state index < -0.39 is 0 Å². The standard InChI is InChI=1S/C10H13NO2/c1-3-7(2)9-6-8(11-13)4-5-10(9)12/h4-7,12H,3H2,1-2H3. The summed E-state index contributed by atoms with van der Waals surface area (Å²) in [4.78, 5) is 10.2. The summed E-state index contributed by atoms with van der Waals surface area (Å²) in [5.74, 6) is 0.489. The normalized spacial score (nSPS) is 12.5. The first kappa shape index (κ1) is 9.71. The Labute approximate surface area is 77.4 Å². The predicted octanol–water partition coefficient (Wildman–Crippen LogP) is 3.30. The monoisotopic (exact) mass is 179 g/mol. The summed E-state index contributed by atoms with van der Waals surface area (Å²) < 4.78 is 0. The van der Waals surface area contributed by atoms with Gasteiger partial charge < -0.3 is 5.11 Å². The van der Waals surface area contributed by atoms with E-state index in [9.17, 15) is 10.0 Å². The maximum Gasteiger partial charge on any atom is 0.119 e. The molecule has 0 amide bonds. The maximum absolute atomic E-state index is 10.2. The van der Waals surface area contributed by atoms with Gasteiger partial charge in [-0.15, -0.1) is 4.91 Å². The second-order valence-corrected chi connectivity index (χ2v) is 3.14.